The molecule has 0 aliphatic carbocycles. The van der Waals surface area contributed by atoms with E-state index in [1.54, 1.807) is 24.5 Å². The van der Waals surface area contributed by atoms with E-state index >= 15 is 0 Å². The van der Waals surface area contributed by atoms with Crippen molar-refractivity contribution in [1.29, 1.82) is 0 Å². The Morgan fingerprint density at radius 3 is 2.39 bits per heavy atom. The number of aryl methyl sites for hydroxylation is 1. The van der Waals surface area contributed by atoms with Crippen LogP contribution in [0.5, 0.6) is 0 Å². The number of hydrogen-bond donors (Lipinski definition) is 0. The van der Waals surface area contributed by atoms with Gasteiger partial charge in [0.05, 0.1) is 0 Å². The SMILES string of the molecule is Cc1cccc(-c2cc(F)ccc2C(Cc2cccnc2)c2cccnc2)c1. The molecule has 0 radical (unpaired) electrons. The maximum atomic E-state index is 14.2. The average molecular weight is 368 g/mol. The molecule has 2 aromatic heterocycles. The number of aromatic nitrogens is 2. The Labute approximate surface area is 164 Å². The molecule has 2 nitrogen and oxygen atoms in total. The topological polar surface area (TPSA) is 25.8 Å². The highest BCUT2D eigenvalue weighted by Gasteiger charge is 2.20. The first-order chi connectivity index (χ1) is 13.7. The summed E-state index contributed by atoms with van der Waals surface area (Å²) in [6.45, 7) is 2.05. The second-order valence-electron chi connectivity index (χ2n) is 7.01. The molecule has 138 valence electrons. The molecular formula is C25H21FN2. The fourth-order valence-corrected chi connectivity index (χ4v) is 3.64. The lowest BCUT2D eigenvalue weighted by atomic mass is 9.82. The highest BCUT2D eigenvalue weighted by molar-refractivity contribution is 5.69. The van der Waals surface area contributed by atoms with Crippen LogP contribution in [-0.4, -0.2) is 9.97 Å². The van der Waals surface area contributed by atoms with Crippen molar-refractivity contribution in [2.24, 2.45) is 0 Å². The summed E-state index contributed by atoms with van der Waals surface area (Å²) in [4.78, 5) is 8.57. The molecule has 0 saturated heterocycles. The minimum atomic E-state index is -0.230. The molecular weight excluding hydrogens is 347 g/mol. The summed E-state index contributed by atoms with van der Waals surface area (Å²) in [7, 11) is 0. The van der Waals surface area contributed by atoms with E-state index in [0.717, 1.165) is 39.8 Å². The molecule has 0 fully saturated rings. The molecule has 0 amide bonds. The van der Waals surface area contributed by atoms with Crippen LogP contribution in [0.1, 0.15) is 28.2 Å². The number of benzene rings is 2. The zero-order valence-corrected chi connectivity index (χ0v) is 15.7. The van der Waals surface area contributed by atoms with Gasteiger partial charge in [-0.05, 0) is 65.4 Å². The van der Waals surface area contributed by atoms with E-state index in [4.69, 9.17) is 0 Å². The van der Waals surface area contributed by atoms with Crippen molar-refractivity contribution in [3.05, 3.63) is 120 Å². The summed E-state index contributed by atoms with van der Waals surface area (Å²) in [5.41, 5.74) is 6.42. The fraction of sp³-hybridized carbons (Fsp3) is 0.120. The van der Waals surface area contributed by atoms with Crippen molar-refractivity contribution < 1.29 is 4.39 Å². The summed E-state index contributed by atoms with van der Waals surface area (Å²) in [6, 6.07) is 21.3. The average Bonchev–Trinajstić information content (AvgIpc) is 2.74. The van der Waals surface area contributed by atoms with E-state index in [1.165, 1.54) is 0 Å². The number of hydrogen-bond acceptors (Lipinski definition) is 2. The van der Waals surface area contributed by atoms with E-state index < -0.39 is 0 Å². The van der Waals surface area contributed by atoms with E-state index in [1.807, 2.05) is 42.7 Å². The van der Waals surface area contributed by atoms with Crippen LogP contribution in [0.2, 0.25) is 0 Å². The summed E-state index contributed by atoms with van der Waals surface area (Å²) >= 11 is 0. The first kappa shape index (κ1) is 18.1. The predicted octanol–water partition coefficient (Wildman–Crippen LogP) is 5.97. The lowest BCUT2D eigenvalue weighted by Gasteiger charge is -2.22. The summed E-state index contributed by atoms with van der Waals surface area (Å²) in [6.07, 6.45) is 8.10. The van der Waals surface area contributed by atoms with Crippen molar-refractivity contribution in [2.45, 2.75) is 19.3 Å². The van der Waals surface area contributed by atoms with E-state index in [9.17, 15) is 4.39 Å². The van der Waals surface area contributed by atoms with Gasteiger partial charge in [-0.3, -0.25) is 9.97 Å². The maximum absolute atomic E-state index is 14.2. The van der Waals surface area contributed by atoms with Gasteiger partial charge in [-0.2, -0.15) is 0 Å². The molecule has 0 N–H and O–H groups in total. The summed E-state index contributed by atoms with van der Waals surface area (Å²) in [5, 5.41) is 0. The molecule has 0 spiro atoms. The molecule has 4 rings (SSSR count). The van der Waals surface area contributed by atoms with Crippen molar-refractivity contribution in [2.75, 3.05) is 0 Å². The molecule has 0 aliphatic rings. The van der Waals surface area contributed by atoms with Crippen molar-refractivity contribution in [3.63, 3.8) is 0 Å². The van der Waals surface area contributed by atoms with Gasteiger partial charge in [0.15, 0.2) is 0 Å². The van der Waals surface area contributed by atoms with Gasteiger partial charge in [0, 0.05) is 30.7 Å². The Morgan fingerprint density at radius 1 is 0.857 bits per heavy atom. The number of halogens is 1. The van der Waals surface area contributed by atoms with Crippen LogP contribution in [0.15, 0.2) is 91.5 Å². The van der Waals surface area contributed by atoms with E-state index in [2.05, 4.69) is 41.2 Å². The molecule has 3 heteroatoms. The van der Waals surface area contributed by atoms with Crippen LogP contribution in [0.25, 0.3) is 11.1 Å². The molecule has 0 aliphatic heterocycles. The number of rotatable bonds is 5. The van der Waals surface area contributed by atoms with Gasteiger partial charge in [0.25, 0.3) is 0 Å². The summed E-state index contributed by atoms with van der Waals surface area (Å²) < 4.78 is 14.2. The highest BCUT2D eigenvalue weighted by atomic mass is 19.1. The minimum Gasteiger partial charge on any atom is -0.264 e. The zero-order chi connectivity index (χ0) is 19.3. The molecule has 1 atom stereocenters. The Bertz CT molecular complexity index is 1060. The first-order valence-corrected chi connectivity index (χ1v) is 9.36. The van der Waals surface area contributed by atoms with Gasteiger partial charge in [-0.25, -0.2) is 4.39 Å². The monoisotopic (exact) mass is 368 g/mol. The second kappa shape index (κ2) is 8.13. The van der Waals surface area contributed by atoms with Crippen LogP contribution in [0.3, 0.4) is 0 Å². The van der Waals surface area contributed by atoms with Crippen molar-refractivity contribution >= 4 is 0 Å². The van der Waals surface area contributed by atoms with Gasteiger partial charge >= 0.3 is 0 Å². The lowest BCUT2D eigenvalue weighted by Crippen LogP contribution is -2.08. The third-order valence-corrected chi connectivity index (χ3v) is 4.97. The van der Waals surface area contributed by atoms with Gasteiger partial charge in [-0.15, -0.1) is 0 Å². The molecule has 28 heavy (non-hydrogen) atoms. The minimum absolute atomic E-state index is 0.0500. The van der Waals surface area contributed by atoms with Gasteiger partial charge in [-0.1, -0.05) is 48.0 Å². The van der Waals surface area contributed by atoms with Crippen LogP contribution >= 0.6 is 0 Å². The molecule has 2 aromatic carbocycles. The number of nitrogens with zero attached hydrogens (tertiary/aromatic N) is 2. The standard InChI is InChI=1S/C25H21FN2/c1-18-5-2-7-20(13-18)25-15-22(26)9-10-23(25)24(21-8-4-12-28-17-21)14-19-6-3-11-27-16-19/h2-13,15-17,24H,14H2,1H3. The molecule has 4 aromatic rings. The first-order valence-electron chi connectivity index (χ1n) is 9.36. The lowest BCUT2D eigenvalue weighted by molar-refractivity contribution is 0.626. The van der Waals surface area contributed by atoms with Crippen molar-refractivity contribution in [1.82, 2.24) is 9.97 Å². The molecule has 2 heterocycles. The van der Waals surface area contributed by atoms with Crippen molar-refractivity contribution in [3.8, 4) is 11.1 Å². The van der Waals surface area contributed by atoms with Gasteiger partial charge in [0.1, 0.15) is 5.82 Å². The van der Waals surface area contributed by atoms with Crippen LogP contribution in [0, 0.1) is 12.7 Å². The zero-order valence-electron chi connectivity index (χ0n) is 15.7. The Hall–Kier alpha value is -3.33. The van der Waals surface area contributed by atoms with Crippen LogP contribution in [0.4, 0.5) is 4.39 Å². The number of pyridine rings is 2. The smallest absolute Gasteiger partial charge is 0.123 e. The Kier molecular flexibility index (Phi) is 5.24. The third-order valence-electron chi connectivity index (χ3n) is 4.97. The summed E-state index contributed by atoms with van der Waals surface area (Å²) in [5.74, 6) is -0.180. The predicted molar refractivity (Wildman–Crippen MR) is 111 cm³/mol. The van der Waals surface area contributed by atoms with E-state index in [0.29, 0.717) is 0 Å². The largest absolute Gasteiger partial charge is 0.264 e. The third kappa shape index (κ3) is 3.99. The van der Waals surface area contributed by atoms with E-state index in [-0.39, 0.29) is 11.7 Å². The second-order valence-corrected chi connectivity index (χ2v) is 7.01. The van der Waals surface area contributed by atoms with Gasteiger partial charge in [0.2, 0.25) is 0 Å². The van der Waals surface area contributed by atoms with Gasteiger partial charge < -0.3 is 0 Å². The normalized spacial score (nSPS) is 11.9. The molecule has 0 bridgehead atoms. The quantitative estimate of drug-likeness (QED) is 0.434. The highest BCUT2D eigenvalue weighted by Crippen LogP contribution is 2.36. The Balaban J connectivity index is 1.87. The fourth-order valence-electron chi connectivity index (χ4n) is 3.64. The van der Waals surface area contributed by atoms with Crippen LogP contribution < -0.4 is 0 Å². The molecule has 0 saturated carbocycles. The van der Waals surface area contributed by atoms with Crippen LogP contribution in [-0.2, 0) is 6.42 Å². The Morgan fingerprint density at radius 2 is 1.68 bits per heavy atom. The molecule has 1 unspecified atom stereocenters. The maximum Gasteiger partial charge on any atom is 0.123 e.